The van der Waals surface area contributed by atoms with Crippen molar-refractivity contribution in [1.29, 1.82) is 0 Å². The SMILES string of the molecule is C=CCN(CCO)CCCOC(CCO)N(CCO)CC(C)(C)C. The van der Waals surface area contributed by atoms with Crippen molar-refractivity contribution in [2.24, 2.45) is 5.41 Å². The largest absolute Gasteiger partial charge is 0.396 e. The Kier molecular flexibility index (Phi) is 13.5. The molecule has 0 fully saturated rings. The average molecular weight is 347 g/mol. The minimum atomic E-state index is -0.188. The minimum Gasteiger partial charge on any atom is -0.396 e. The Bertz CT molecular complexity index is 308. The Hall–Kier alpha value is -0.500. The van der Waals surface area contributed by atoms with Gasteiger partial charge in [-0.1, -0.05) is 26.8 Å². The average Bonchev–Trinajstić information content (AvgIpc) is 2.49. The quantitative estimate of drug-likeness (QED) is 0.233. The zero-order valence-electron chi connectivity index (χ0n) is 15.8. The molecule has 0 aliphatic rings. The standard InChI is InChI=1S/C18H38N2O4/c1-5-8-19(10-13-22)9-6-15-24-17(7-12-21)20(11-14-23)16-18(2,3)4/h5,17,21-23H,1,6-16H2,2-4H3. The Morgan fingerprint density at radius 2 is 1.71 bits per heavy atom. The molecule has 0 spiro atoms. The van der Waals surface area contributed by atoms with E-state index in [4.69, 9.17) is 9.84 Å². The van der Waals surface area contributed by atoms with E-state index in [9.17, 15) is 10.2 Å². The van der Waals surface area contributed by atoms with Gasteiger partial charge in [-0.25, -0.2) is 0 Å². The molecular weight excluding hydrogens is 308 g/mol. The number of aliphatic hydroxyl groups excluding tert-OH is 3. The van der Waals surface area contributed by atoms with Gasteiger partial charge in [0.25, 0.3) is 0 Å². The fourth-order valence-electron chi connectivity index (χ4n) is 2.67. The minimum absolute atomic E-state index is 0.0594. The van der Waals surface area contributed by atoms with E-state index in [1.807, 2.05) is 6.08 Å². The topological polar surface area (TPSA) is 76.4 Å². The first-order valence-corrected chi connectivity index (χ1v) is 8.89. The number of ether oxygens (including phenoxy) is 1. The molecular formula is C18H38N2O4. The number of hydrogen-bond acceptors (Lipinski definition) is 6. The lowest BCUT2D eigenvalue weighted by molar-refractivity contribution is -0.0870. The summed E-state index contributed by atoms with van der Waals surface area (Å²) in [5.74, 6) is 0. The summed E-state index contributed by atoms with van der Waals surface area (Å²) in [4.78, 5) is 4.23. The zero-order valence-corrected chi connectivity index (χ0v) is 15.8. The lowest BCUT2D eigenvalue weighted by atomic mass is 9.96. The van der Waals surface area contributed by atoms with Gasteiger partial charge >= 0.3 is 0 Å². The number of rotatable bonds is 15. The van der Waals surface area contributed by atoms with Crippen LogP contribution >= 0.6 is 0 Å². The predicted octanol–water partition coefficient (Wildman–Crippen LogP) is 0.922. The summed E-state index contributed by atoms with van der Waals surface area (Å²) in [6, 6.07) is 0. The van der Waals surface area contributed by atoms with Crippen LogP contribution in [0.2, 0.25) is 0 Å². The molecule has 0 amide bonds. The van der Waals surface area contributed by atoms with Crippen LogP contribution in [-0.4, -0.2) is 90.5 Å². The Labute approximate surface area is 147 Å². The molecule has 1 atom stereocenters. The molecule has 0 bridgehead atoms. The second-order valence-electron chi connectivity index (χ2n) is 7.26. The van der Waals surface area contributed by atoms with Crippen molar-refractivity contribution in [2.75, 3.05) is 59.2 Å². The van der Waals surface area contributed by atoms with E-state index in [1.165, 1.54) is 0 Å². The summed E-state index contributed by atoms with van der Waals surface area (Å²) in [5.41, 5.74) is 0.0914. The van der Waals surface area contributed by atoms with Crippen LogP contribution in [0.25, 0.3) is 0 Å². The molecule has 0 radical (unpaired) electrons. The molecule has 3 N–H and O–H groups in total. The molecule has 0 aliphatic heterocycles. The van der Waals surface area contributed by atoms with Crippen LogP contribution in [-0.2, 0) is 4.74 Å². The van der Waals surface area contributed by atoms with Crippen molar-refractivity contribution >= 4 is 0 Å². The highest BCUT2D eigenvalue weighted by molar-refractivity contribution is 4.74. The summed E-state index contributed by atoms with van der Waals surface area (Å²) >= 11 is 0. The van der Waals surface area contributed by atoms with Crippen LogP contribution < -0.4 is 0 Å². The van der Waals surface area contributed by atoms with Gasteiger partial charge in [0.15, 0.2) is 0 Å². The van der Waals surface area contributed by atoms with Crippen molar-refractivity contribution in [3.05, 3.63) is 12.7 Å². The first-order valence-electron chi connectivity index (χ1n) is 8.89. The number of aliphatic hydroxyl groups is 3. The lowest BCUT2D eigenvalue weighted by Gasteiger charge is -2.35. The monoisotopic (exact) mass is 346 g/mol. The van der Waals surface area contributed by atoms with Crippen molar-refractivity contribution in [3.63, 3.8) is 0 Å². The molecule has 0 heterocycles. The van der Waals surface area contributed by atoms with E-state index < -0.39 is 0 Å². The van der Waals surface area contributed by atoms with Crippen molar-refractivity contribution in [3.8, 4) is 0 Å². The molecule has 6 nitrogen and oxygen atoms in total. The maximum Gasteiger partial charge on any atom is 0.112 e. The second-order valence-corrected chi connectivity index (χ2v) is 7.26. The maximum atomic E-state index is 9.32. The van der Waals surface area contributed by atoms with E-state index in [1.54, 1.807) is 0 Å². The summed E-state index contributed by atoms with van der Waals surface area (Å²) in [6.45, 7) is 14.6. The summed E-state index contributed by atoms with van der Waals surface area (Å²) < 4.78 is 5.99. The van der Waals surface area contributed by atoms with Crippen LogP contribution in [0.15, 0.2) is 12.7 Å². The van der Waals surface area contributed by atoms with Gasteiger partial charge in [0.05, 0.1) is 13.2 Å². The normalized spacial score (nSPS) is 13.7. The second kappa shape index (κ2) is 13.8. The van der Waals surface area contributed by atoms with Gasteiger partial charge in [0.1, 0.15) is 6.23 Å². The summed E-state index contributed by atoms with van der Waals surface area (Å²) in [7, 11) is 0. The Morgan fingerprint density at radius 3 is 2.21 bits per heavy atom. The highest BCUT2D eigenvalue weighted by atomic mass is 16.5. The van der Waals surface area contributed by atoms with Crippen LogP contribution in [0, 0.1) is 5.41 Å². The van der Waals surface area contributed by atoms with Crippen molar-refractivity contribution < 1.29 is 20.1 Å². The first kappa shape index (κ1) is 23.5. The van der Waals surface area contributed by atoms with E-state index >= 15 is 0 Å². The fourth-order valence-corrected chi connectivity index (χ4v) is 2.67. The molecule has 144 valence electrons. The van der Waals surface area contributed by atoms with E-state index in [2.05, 4.69) is 37.1 Å². The van der Waals surface area contributed by atoms with Gasteiger partial charge in [-0.05, 0) is 11.8 Å². The van der Waals surface area contributed by atoms with Crippen LogP contribution in [0.4, 0.5) is 0 Å². The molecule has 0 saturated carbocycles. The smallest absolute Gasteiger partial charge is 0.112 e. The molecule has 0 aliphatic carbocycles. The van der Waals surface area contributed by atoms with Crippen molar-refractivity contribution in [1.82, 2.24) is 9.80 Å². The third kappa shape index (κ3) is 11.9. The predicted molar refractivity (Wildman–Crippen MR) is 97.9 cm³/mol. The molecule has 0 aromatic rings. The van der Waals surface area contributed by atoms with E-state index in [-0.39, 0.29) is 31.5 Å². The van der Waals surface area contributed by atoms with Gasteiger partial charge in [-0.2, -0.15) is 0 Å². The van der Waals surface area contributed by atoms with Gasteiger partial charge in [0, 0.05) is 52.4 Å². The van der Waals surface area contributed by atoms with Crippen molar-refractivity contribution in [2.45, 2.75) is 39.8 Å². The molecule has 0 aromatic carbocycles. The van der Waals surface area contributed by atoms with Crippen LogP contribution in [0.1, 0.15) is 33.6 Å². The summed E-state index contributed by atoms with van der Waals surface area (Å²) in [5, 5.41) is 27.7. The molecule has 24 heavy (non-hydrogen) atoms. The van der Waals surface area contributed by atoms with Gasteiger partial charge < -0.3 is 20.1 Å². The molecule has 6 heteroatoms. The molecule has 1 unspecified atom stereocenters. The third-order valence-electron chi connectivity index (χ3n) is 3.58. The highest BCUT2D eigenvalue weighted by Crippen LogP contribution is 2.18. The molecule has 0 saturated heterocycles. The Morgan fingerprint density at radius 1 is 1.04 bits per heavy atom. The number of hydrogen-bond donors (Lipinski definition) is 3. The zero-order chi connectivity index (χ0) is 18.4. The summed E-state index contributed by atoms with van der Waals surface area (Å²) in [6.07, 6.45) is 3.02. The van der Waals surface area contributed by atoms with Crippen LogP contribution in [0.5, 0.6) is 0 Å². The number of nitrogens with zero attached hydrogens (tertiary/aromatic N) is 2. The van der Waals surface area contributed by atoms with Crippen LogP contribution in [0.3, 0.4) is 0 Å². The third-order valence-corrected chi connectivity index (χ3v) is 3.58. The first-order chi connectivity index (χ1) is 11.4. The van der Waals surface area contributed by atoms with E-state index in [0.29, 0.717) is 26.1 Å². The Balaban J connectivity index is 4.44. The maximum absolute atomic E-state index is 9.32. The molecule has 0 aromatic heterocycles. The lowest BCUT2D eigenvalue weighted by Crippen LogP contribution is -2.44. The fraction of sp³-hybridized carbons (Fsp3) is 0.889. The van der Waals surface area contributed by atoms with Gasteiger partial charge in [-0.15, -0.1) is 6.58 Å². The van der Waals surface area contributed by atoms with Gasteiger partial charge in [-0.3, -0.25) is 9.80 Å². The highest BCUT2D eigenvalue weighted by Gasteiger charge is 2.23. The van der Waals surface area contributed by atoms with Gasteiger partial charge in [0.2, 0.25) is 0 Å². The van der Waals surface area contributed by atoms with E-state index in [0.717, 1.165) is 26.1 Å². The molecule has 0 rings (SSSR count).